The predicted molar refractivity (Wildman–Crippen MR) is 61.1 cm³/mol. The largest absolute Gasteiger partial charge is 0.490 e. The lowest BCUT2D eigenvalue weighted by Crippen LogP contribution is -2.18. The van der Waals surface area contributed by atoms with E-state index in [9.17, 15) is 5.11 Å². The van der Waals surface area contributed by atoms with Gasteiger partial charge in [0.05, 0.1) is 5.92 Å². The summed E-state index contributed by atoms with van der Waals surface area (Å²) >= 11 is 0. The van der Waals surface area contributed by atoms with Crippen LogP contribution in [0.5, 0.6) is 5.75 Å². The van der Waals surface area contributed by atoms with E-state index in [0.717, 1.165) is 5.75 Å². The molecule has 16 heavy (non-hydrogen) atoms. The molecule has 2 rings (SSSR count). The number of aliphatic hydroxyl groups excluding tert-OH is 1. The lowest BCUT2D eigenvalue weighted by atomic mass is 10.3. The van der Waals surface area contributed by atoms with Gasteiger partial charge in [-0.2, -0.15) is 0 Å². The number of benzene rings is 1. The summed E-state index contributed by atoms with van der Waals surface area (Å²) in [5, 5.41) is 9.71. The quantitative estimate of drug-likeness (QED) is 0.775. The Morgan fingerprint density at radius 2 is 2.00 bits per heavy atom. The summed E-state index contributed by atoms with van der Waals surface area (Å²) in [5.74, 6) is 1.30. The molecule has 4 atom stereocenters. The number of ether oxygens (including phenoxy) is 2. The lowest BCUT2D eigenvalue weighted by Gasteiger charge is -2.10. The average Bonchev–Trinajstić information content (AvgIpc) is 2.91. The van der Waals surface area contributed by atoms with Gasteiger partial charge < -0.3 is 14.6 Å². The number of aliphatic hydroxyl groups is 1. The maximum absolute atomic E-state index is 9.71. The molecule has 1 N–H and O–H groups in total. The van der Waals surface area contributed by atoms with Crippen LogP contribution in [0.2, 0.25) is 0 Å². The van der Waals surface area contributed by atoms with Gasteiger partial charge in [-0.1, -0.05) is 25.1 Å². The van der Waals surface area contributed by atoms with Crippen LogP contribution in [0.4, 0.5) is 0 Å². The molecule has 0 aliphatic heterocycles. The van der Waals surface area contributed by atoms with Crippen LogP contribution in [-0.2, 0) is 4.74 Å². The van der Waals surface area contributed by atoms with Crippen LogP contribution in [0, 0.1) is 11.8 Å². The van der Waals surface area contributed by atoms with E-state index < -0.39 is 6.29 Å². The Hall–Kier alpha value is -1.06. The number of hydrogen-bond donors (Lipinski definition) is 1. The van der Waals surface area contributed by atoms with Crippen molar-refractivity contribution in [1.82, 2.24) is 0 Å². The Kier molecular flexibility index (Phi) is 3.46. The molecule has 1 fully saturated rings. The summed E-state index contributed by atoms with van der Waals surface area (Å²) in [6, 6.07) is 9.69. The Bertz CT molecular complexity index is 325. The third kappa shape index (κ3) is 2.36. The normalized spacial score (nSPS) is 29.8. The van der Waals surface area contributed by atoms with E-state index in [-0.39, 0.29) is 12.0 Å². The van der Waals surface area contributed by atoms with Crippen molar-refractivity contribution in [3.63, 3.8) is 0 Å². The minimum atomic E-state index is -0.700. The van der Waals surface area contributed by atoms with E-state index in [1.807, 2.05) is 37.3 Å². The van der Waals surface area contributed by atoms with Crippen molar-refractivity contribution in [2.75, 3.05) is 6.61 Å². The molecular weight excluding hydrogens is 204 g/mol. The maximum Gasteiger partial charge on any atom is 0.161 e. The van der Waals surface area contributed by atoms with E-state index in [1.54, 1.807) is 0 Å². The minimum absolute atomic E-state index is 0.0731. The summed E-state index contributed by atoms with van der Waals surface area (Å²) in [7, 11) is 0. The van der Waals surface area contributed by atoms with Gasteiger partial charge in [0, 0.05) is 12.5 Å². The fourth-order valence-electron chi connectivity index (χ4n) is 2.00. The first kappa shape index (κ1) is 11.4. The highest BCUT2D eigenvalue weighted by atomic mass is 16.6. The summed E-state index contributed by atoms with van der Waals surface area (Å²) in [5.41, 5.74) is 0. The van der Waals surface area contributed by atoms with E-state index in [4.69, 9.17) is 9.47 Å². The van der Waals surface area contributed by atoms with E-state index in [2.05, 4.69) is 6.92 Å². The molecule has 0 amide bonds. The Morgan fingerprint density at radius 1 is 1.31 bits per heavy atom. The molecule has 1 aromatic rings. The molecule has 1 aliphatic carbocycles. The number of hydrogen-bond acceptors (Lipinski definition) is 3. The van der Waals surface area contributed by atoms with Crippen molar-refractivity contribution in [2.24, 2.45) is 11.8 Å². The van der Waals surface area contributed by atoms with E-state index in [1.165, 1.54) is 0 Å². The minimum Gasteiger partial charge on any atom is -0.490 e. The molecule has 1 saturated carbocycles. The van der Waals surface area contributed by atoms with Gasteiger partial charge in [-0.15, -0.1) is 0 Å². The zero-order chi connectivity index (χ0) is 11.5. The first-order valence-corrected chi connectivity index (χ1v) is 5.75. The zero-order valence-corrected chi connectivity index (χ0v) is 9.67. The molecule has 88 valence electrons. The summed E-state index contributed by atoms with van der Waals surface area (Å²) < 4.78 is 11.0. The second-order valence-electron chi connectivity index (χ2n) is 4.18. The Labute approximate surface area is 96.0 Å². The van der Waals surface area contributed by atoms with Crippen LogP contribution >= 0.6 is 0 Å². The number of para-hydroxylation sites is 1. The van der Waals surface area contributed by atoms with Crippen LogP contribution in [0.25, 0.3) is 0 Å². The molecule has 3 heteroatoms. The molecule has 0 radical (unpaired) electrons. The summed E-state index contributed by atoms with van der Waals surface area (Å²) in [4.78, 5) is 0. The van der Waals surface area contributed by atoms with Crippen molar-refractivity contribution in [3.8, 4) is 5.75 Å². The van der Waals surface area contributed by atoms with Gasteiger partial charge in [-0.25, -0.2) is 0 Å². The molecule has 3 nitrogen and oxygen atoms in total. The molecule has 0 saturated heterocycles. The highest BCUT2D eigenvalue weighted by molar-refractivity contribution is 5.22. The first-order valence-electron chi connectivity index (χ1n) is 5.75. The van der Waals surface area contributed by atoms with Crippen LogP contribution in [0.1, 0.15) is 13.8 Å². The van der Waals surface area contributed by atoms with E-state index in [0.29, 0.717) is 12.5 Å². The maximum atomic E-state index is 9.71. The van der Waals surface area contributed by atoms with Gasteiger partial charge >= 0.3 is 0 Å². The topological polar surface area (TPSA) is 38.7 Å². The van der Waals surface area contributed by atoms with Crippen LogP contribution in [0.3, 0.4) is 0 Å². The number of rotatable bonds is 5. The third-order valence-electron chi connectivity index (χ3n) is 3.05. The fourth-order valence-corrected chi connectivity index (χ4v) is 2.00. The van der Waals surface area contributed by atoms with Gasteiger partial charge in [-0.3, -0.25) is 0 Å². The zero-order valence-electron chi connectivity index (χ0n) is 9.67. The van der Waals surface area contributed by atoms with Crippen LogP contribution in [-0.4, -0.2) is 24.1 Å². The third-order valence-corrected chi connectivity index (χ3v) is 3.05. The van der Waals surface area contributed by atoms with E-state index >= 15 is 0 Å². The Morgan fingerprint density at radius 3 is 2.62 bits per heavy atom. The smallest absolute Gasteiger partial charge is 0.161 e. The average molecular weight is 222 g/mol. The first-order chi connectivity index (χ1) is 7.74. The highest BCUT2D eigenvalue weighted by Crippen LogP contribution is 2.44. The van der Waals surface area contributed by atoms with Crippen molar-refractivity contribution >= 4 is 0 Å². The van der Waals surface area contributed by atoms with Crippen molar-refractivity contribution in [3.05, 3.63) is 30.3 Å². The van der Waals surface area contributed by atoms with Gasteiger partial charge in [-0.05, 0) is 19.1 Å². The lowest BCUT2D eigenvalue weighted by molar-refractivity contribution is -0.115. The highest BCUT2D eigenvalue weighted by Gasteiger charge is 2.54. The molecule has 0 spiro atoms. The molecule has 0 bridgehead atoms. The van der Waals surface area contributed by atoms with Crippen molar-refractivity contribution in [2.45, 2.75) is 26.2 Å². The second-order valence-corrected chi connectivity index (χ2v) is 4.18. The van der Waals surface area contributed by atoms with Crippen molar-refractivity contribution in [1.29, 1.82) is 0 Å². The van der Waals surface area contributed by atoms with Crippen LogP contribution in [0.15, 0.2) is 30.3 Å². The molecule has 0 heterocycles. The van der Waals surface area contributed by atoms with Gasteiger partial charge in [0.15, 0.2) is 6.29 Å². The molecule has 0 unspecified atom stereocenters. The molecule has 1 aliphatic rings. The van der Waals surface area contributed by atoms with Gasteiger partial charge in [0.1, 0.15) is 11.9 Å². The van der Waals surface area contributed by atoms with Crippen LogP contribution < -0.4 is 4.74 Å². The SMILES string of the molecule is CCO[C@H](O)[C@@H]1[C@H](C)[C@H]1Oc1ccccc1. The second kappa shape index (κ2) is 4.85. The molecular formula is C13H18O3. The molecule has 1 aromatic carbocycles. The van der Waals surface area contributed by atoms with Gasteiger partial charge in [0.2, 0.25) is 0 Å². The standard InChI is InChI=1S/C13H18O3/c1-3-15-13(14)11-9(2)12(11)16-10-7-5-4-6-8-10/h4-9,11-14H,3H2,1-2H3/t9-,11+,12+,13-/m0/s1. The predicted octanol–water partition coefficient (Wildman–Crippen LogP) is 2.05. The summed E-state index contributed by atoms with van der Waals surface area (Å²) in [6.07, 6.45) is -0.627. The monoisotopic (exact) mass is 222 g/mol. The summed E-state index contributed by atoms with van der Waals surface area (Å²) in [6.45, 7) is 4.48. The fraction of sp³-hybridized carbons (Fsp3) is 0.538. The molecule has 0 aromatic heterocycles. The van der Waals surface area contributed by atoms with Crippen molar-refractivity contribution < 1.29 is 14.6 Å². The van der Waals surface area contributed by atoms with Gasteiger partial charge in [0.25, 0.3) is 0 Å². The Balaban J connectivity index is 1.89.